The van der Waals surface area contributed by atoms with Crippen LogP contribution in [0, 0.1) is 0 Å². The van der Waals surface area contributed by atoms with E-state index < -0.39 is 6.09 Å². The van der Waals surface area contributed by atoms with Crippen LogP contribution in [0.25, 0.3) is 0 Å². The number of amides is 1. The average Bonchev–Trinajstić information content (AvgIpc) is 1.85. The largest absolute Gasteiger partial charge is 0.465 e. The first-order valence-electron chi connectivity index (χ1n) is 3.62. The minimum atomic E-state index is -0.926. The second kappa shape index (κ2) is 2.90. The molecule has 1 atom stereocenters. The highest BCUT2D eigenvalue weighted by atomic mass is 16.4. The van der Waals surface area contributed by atoms with Gasteiger partial charge < -0.3 is 10.0 Å². The molecule has 1 fully saturated rings. The maximum Gasteiger partial charge on any atom is 0.407 e. The van der Waals surface area contributed by atoms with Crippen LogP contribution in [0.4, 0.5) is 4.79 Å². The zero-order valence-corrected chi connectivity index (χ0v) is 6.41. The fourth-order valence-corrected chi connectivity index (χ4v) is 1.29. The molecule has 1 aliphatic heterocycles. The van der Waals surface area contributed by atoms with Crippen LogP contribution < -0.4 is 0 Å². The van der Waals surface area contributed by atoms with Crippen LogP contribution in [0.1, 0.15) is 19.8 Å². The summed E-state index contributed by atoms with van der Waals surface area (Å²) >= 11 is 0. The van der Waals surface area contributed by atoms with Gasteiger partial charge in [0.05, 0.1) is 0 Å². The SMILES string of the molecule is C[C@@H]1CC(=O)CCN1C(=O)O. The van der Waals surface area contributed by atoms with Gasteiger partial charge in [-0.25, -0.2) is 4.79 Å². The van der Waals surface area contributed by atoms with Gasteiger partial charge >= 0.3 is 6.09 Å². The third-order valence-electron chi connectivity index (χ3n) is 1.93. The van der Waals surface area contributed by atoms with Crippen LogP contribution in [-0.2, 0) is 4.79 Å². The van der Waals surface area contributed by atoms with Gasteiger partial charge in [0.2, 0.25) is 0 Å². The summed E-state index contributed by atoms with van der Waals surface area (Å²) in [6.07, 6.45) is -0.187. The van der Waals surface area contributed by atoms with E-state index in [1.165, 1.54) is 4.90 Å². The molecule has 0 saturated carbocycles. The van der Waals surface area contributed by atoms with Gasteiger partial charge in [0.15, 0.2) is 0 Å². The van der Waals surface area contributed by atoms with Crippen LogP contribution in [0.2, 0.25) is 0 Å². The van der Waals surface area contributed by atoms with Crippen LogP contribution in [-0.4, -0.2) is 34.5 Å². The number of likely N-dealkylation sites (tertiary alicyclic amines) is 1. The average molecular weight is 157 g/mol. The van der Waals surface area contributed by atoms with E-state index in [-0.39, 0.29) is 11.8 Å². The van der Waals surface area contributed by atoms with Gasteiger partial charge in [-0.2, -0.15) is 0 Å². The lowest BCUT2D eigenvalue weighted by molar-refractivity contribution is -0.122. The summed E-state index contributed by atoms with van der Waals surface area (Å²) in [5.74, 6) is 0.162. The summed E-state index contributed by atoms with van der Waals surface area (Å²) in [5, 5.41) is 8.61. The Hall–Kier alpha value is -1.06. The molecule has 0 aromatic carbocycles. The fourth-order valence-electron chi connectivity index (χ4n) is 1.29. The molecule has 0 spiro atoms. The molecule has 0 unspecified atom stereocenters. The Balaban J connectivity index is 2.57. The van der Waals surface area contributed by atoms with E-state index in [2.05, 4.69) is 0 Å². The molecule has 0 aliphatic carbocycles. The Morgan fingerprint density at radius 1 is 1.73 bits per heavy atom. The number of ketones is 1. The third-order valence-corrected chi connectivity index (χ3v) is 1.93. The number of hydrogen-bond donors (Lipinski definition) is 1. The number of hydrogen-bond acceptors (Lipinski definition) is 2. The van der Waals surface area contributed by atoms with E-state index in [0.717, 1.165) is 0 Å². The second-order valence-corrected chi connectivity index (χ2v) is 2.82. The monoisotopic (exact) mass is 157 g/mol. The first-order valence-corrected chi connectivity index (χ1v) is 3.62. The third kappa shape index (κ3) is 1.69. The van der Waals surface area contributed by atoms with Crippen molar-refractivity contribution >= 4 is 11.9 Å². The summed E-state index contributed by atoms with van der Waals surface area (Å²) < 4.78 is 0. The standard InChI is InChI=1S/C7H11NO3/c1-5-4-6(9)2-3-8(5)7(10)11/h5H,2-4H2,1H3,(H,10,11)/t5-/m1/s1. The molecule has 11 heavy (non-hydrogen) atoms. The molecule has 0 radical (unpaired) electrons. The van der Waals surface area contributed by atoms with E-state index in [1.807, 2.05) is 0 Å². The summed E-state index contributed by atoms with van der Waals surface area (Å²) in [6, 6.07) is -0.145. The minimum Gasteiger partial charge on any atom is -0.465 e. The lowest BCUT2D eigenvalue weighted by Gasteiger charge is -2.29. The number of carbonyl (C=O) groups is 2. The van der Waals surface area contributed by atoms with Gasteiger partial charge in [0.25, 0.3) is 0 Å². The number of carbonyl (C=O) groups excluding carboxylic acids is 1. The number of carboxylic acid groups (broad SMARTS) is 1. The highest BCUT2D eigenvalue weighted by Crippen LogP contribution is 2.13. The van der Waals surface area contributed by atoms with Crippen molar-refractivity contribution in [2.45, 2.75) is 25.8 Å². The molecule has 0 bridgehead atoms. The van der Waals surface area contributed by atoms with Crippen LogP contribution >= 0.6 is 0 Å². The van der Waals surface area contributed by atoms with Crippen molar-refractivity contribution in [2.24, 2.45) is 0 Å². The van der Waals surface area contributed by atoms with Gasteiger partial charge in [0.1, 0.15) is 5.78 Å². The molecule has 0 aromatic rings. The van der Waals surface area contributed by atoms with E-state index in [4.69, 9.17) is 5.11 Å². The Bertz CT molecular complexity index is 190. The molecule has 4 nitrogen and oxygen atoms in total. The zero-order chi connectivity index (χ0) is 8.43. The Morgan fingerprint density at radius 3 is 2.82 bits per heavy atom. The van der Waals surface area contributed by atoms with E-state index in [9.17, 15) is 9.59 Å². The van der Waals surface area contributed by atoms with E-state index >= 15 is 0 Å². The topological polar surface area (TPSA) is 57.6 Å². The quantitative estimate of drug-likeness (QED) is 0.563. The number of nitrogens with zero attached hydrogens (tertiary/aromatic N) is 1. The number of rotatable bonds is 0. The van der Waals surface area contributed by atoms with Gasteiger partial charge in [-0.05, 0) is 6.92 Å². The Morgan fingerprint density at radius 2 is 2.36 bits per heavy atom. The van der Waals surface area contributed by atoms with Crippen molar-refractivity contribution in [3.8, 4) is 0 Å². The molecule has 4 heteroatoms. The molecular formula is C7H11NO3. The molecule has 1 heterocycles. The summed E-state index contributed by atoms with van der Waals surface area (Å²) in [7, 11) is 0. The lowest BCUT2D eigenvalue weighted by Crippen LogP contribution is -2.44. The zero-order valence-electron chi connectivity index (χ0n) is 6.41. The number of piperidine rings is 1. The fraction of sp³-hybridized carbons (Fsp3) is 0.714. The first kappa shape index (κ1) is 8.04. The predicted molar refractivity (Wildman–Crippen MR) is 38.4 cm³/mol. The van der Waals surface area contributed by atoms with Crippen LogP contribution in [0.15, 0.2) is 0 Å². The van der Waals surface area contributed by atoms with Crippen molar-refractivity contribution in [3.63, 3.8) is 0 Å². The molecule has 1 amide bonds. The summed E-state index contributed by atoms with van der Waals surface area (Å²) in [4.78, 5) is 22.6. The summed E-state index contributed by atoms with van der Waals surface area (Å²) in [6.45, 7) is 2.11. The van der Waals surface area contributed by atoms with E-state index in [1.54, 1.807) is 6.92 Å². The molecule has 1 saturated heterocycles. The highest BCUT2D eigenvalue weighted by Gasteiger charge is 2.26. The van der Waals surface area contributed by atoms with E-state index in [0.29, 0.717) is 19.4 Å². The smallest absolute Gasteiger partial charge is 0.407 e. The van der Waals surface area contributed by atoms with Gasteiger partial charge in [-0.3, -0.25) is 4.79 Å². The molecule has 1 N–H and O–H groups in total. The molecule has 1 rings (SSSR count). The first-order chi connectivity index (χ1) is 5.11. The second-order valence-electron chi connectivity index (χ2n) is 2.82. The summed E-state index contributed by atoms with van der Waals surface area (Å²) in [5.41, 5.74) is 0. The van der Waals surface area contributed by atoms with Gasteiger partial charge in [0, 0.05) is 25.4 Å². The molecule has 0 aromatic heterocycles. The predicted octanol–water partition coefficient (Wildman–Crippen LogP) is 0.718. The molecule has 1 aliphatic rings. The normalized spacial score (nSPS) is 25.4. The van der Waals surface area contributed by atoms with Crippen molar-refractivity contribution < 1.29 is 14.7 Å². The highest BCUT2D eigenvalue weighted by molar-refractivity contribution is 5.81. The van der Waals surface area contributed by atoms with Crippen LogP contribution in [0.3, 0.4) is 0 Å². The van der Waals surface area contributed by atoms with Crippen molar-refractivity contribution in [1.29, 1.82) is 0 Å². The lowest BCUT2D eigenvalue weighted by atomic mass is 10.0. The van der Waals surface area contributed by atoms with Gasteiger partial charge in [-0.1, -0.05) is 0 Å². The Labute approximate surface area is 64.8 Å². The maximum absolute atomic E-state index is 10.8. The Kier molecular flexibility index (Phi) is 2.12. The van der Waals surface area contributed by atoms with Crippen LogP contribution in [0.5, 0.6) is 0 Å². The minimum absolute atomic E-state index is 0.145. The number of Topliss-reactive ketones (excluding diaryl/α,β-unsaturated/α-hetero) is 1. The van der Waals surface area contributed by atoms with Crippen molar-refractivity contribution in [3.05, 3.63) is 0 Å². The van der Waals surface area contributed by atoms with Crippen molar-refractivity contribution in [1.82, 2.24) is 4.90 Å². The van der Waals surface area contributed by atoms with Crippen molar-refractivity contribution in [2.75, 3.05) is 6.54 Å². The molecular weight excluding hydrogens is 146 g/mol. The van der Waals surface area contributed by atoms with Gasteiger partial charge in [-0.15, -0.1) is 0 Å². The molecule has 62 valence electrons. The maximum atomic E-state index is 10.8.